The van der Waals surface area contributed by atoms with Gasteiger partial charge in [0.1, 0.15) is 0 Å². The number of unbranched alkanes of at least 4 members (excludes halogenated alkanes) is 5. The van der Waals surface area contributed by atoms with Gasteiger partial charge in [-0.2, -0.15) is 13.2 Å². The minimum atomic E-state index is -4.03. The molecular formula is C17H32F3N. The molecule has 0 saturated heterocycles. The van der Waals surface area contributed by atoms with Crippen LogP contribution < -0.4 is 5.32 Å². The maximum absolute atomic E-state index is 13.2. The van der Waals surface area contributed by atoms with Crippen LogP contribution in [0.1, 0.15) is 77.6 Å². The SMILES string of the molecule is CCCCCCCCC(NC)C1CCCCC1C(F)(F)F. The molecule has 0 aromatic carbocycles. The Kier molecular flexibility index (Phi) is 8.69. The van der Waals surface area contributed by atoms with E-state index in [1.165, 1.54) is 25.7 Å². The quantitative estimate of drug-likeness (QED) is 0.539. The molecule has 1 fully saturated rings. The lowest BCUT2D eigenvalue weighted by Crippen LogP contribution is -2.44. The van der Waals surface area contributed by atoms with E-state index in [0.717, 1.165) is 38.5 Å². The Labute approximate surface area is 128 Å². The maximum atomic E-state index is 13.2. The van der Waals surface area contributed by atoms with Gasteiger partial charge in [0, 0.05) is 6.04 Å². The van der Waals surface area contributed by atoms with Crippen molar-refractivity contribution in [3.8, 4) is 0 Å². The summed E-state index contributed by atoms with van der Waals surface area (Å²) in [5.41, 5.74) is 0. The van der Waals surface area contributed by atoms with Crippen LogP contribution in [0.2, 0.25) is 0 Å². The Morgan fingerprint density at radius 2 is 1.62 bits per heavy atom. The predicted molar refractivity (Wildman–Crippen MR) is 82.3 cm³/mol. The molecule has 1 saturated carbocycles. The fourth-order valence-electron chi connectivity index (χ4n) is 3.76. The highest BCUT2D eigenvalue weighted by molar-refractivity contribution is 4.87. The third-order valence-electron chi connectivity index (χ3n) is 5.00. The number of hydrogen-bond acceptors (Lipinski definition) is 1. The van der Waals surface area contributed by atoms with Gasteiger partial charge in [0.05, 0.1) is 5.92 Å². The number of alkyl halides is 3. The first-order valence-corrected chi connectivity index (χ1v) is 8.74. The molecule has 0 amide bonds. The van der Waals surface area contributed by atoms with E-state index >= 15 is 0 Å². The lowest BCUT2D eigenvalue weighted by atomic mass is 9.73. The fourth-order valence-corrected chi connectivity index (χ4v) is 3.76. The second-order valence-corrected chi connectivity index (χ2v) is 6.55. The van der Waals surface area contributed by atoms with Crippen molar-refractivity contribution in [1.29, 1.82) is 0 Å². The smallest absolute Gasteiger partial charge is 0.317 e. The topological polar surface area (TPSA) is 12.0 Å². The molecule has 0 heterocycles. The molecule has 0 spiro atoms. The van der Waals surface area contributed by atoms with Crippen molar-refractivity contribution < 1.29 is 13.2 Å². The highest BCUT2D eigenvalue weighted by atomic mass is 19.4. The molecule has 126 valence electrons. The molecule has 1 aliphatic rings. The third-order valence-corrected chi connectivity index (χ3v) is 5.00. The van der Waals surface area contributed by atoms with E-state index in [1.807, 2.05) is 7.05 Å². The van der Waals surface area contributed by atoms with E-state index in [9.17, 15) is 13.2 Å². The Balaban J connectivity index is 2.41. The summed E-state index contributed by atoms with van der Waals surface area (Å²) in [6.07, 6.45) is 6.78. The predicted octanol–water partition coefficient (Wildman–Crippen LogP) is 5.69. The van der Waals surface area contributed by atoms with Gasteiger partial charge >= 0.3 is 6.18 Å². The summed E-state index contributed by atoms with van der Waals surface area (Å²) in [7, 11) is 1.82. The van der Waals surface area contributed by atoms with Crippen molar-refractivity contribution in [3.05, 3.63) is 0 Å². The van der Waals surface area contributed by atoms with Crippen molar-refractivity contribution in [2.24, 2.45) is 11.8 Å². The zero-order valence-corrected chi connectivity index (χ0v) is 13.6. The summed E-state index contributed by atoms with van der Waals surface area (Å²) in [6, 6.07) is 0.0306. The van der Waals surface area contributed by atoms with E-state index in [1.54, 1.807) is 0 Å². The van der Waals surface area contributed by atoms with Gasteiger partial charge in [0.25, 0.3) is 0 Å². The van der Waals surface area contributed by atoms with Crippen LogP contribution in [0.3, 0.4) is 0 Å². The van der Waals surface area contributed by atoms with E-state index in [0.29, 0.717) is 6.42 Å². The van der Waals surface area contributed by atoms with Crippen LogP contribution in [0.15, 0.2) is 0 Å². The van der Waals surface area contributed by atoms with Crippen molar-refractivity contribution in [2.75, 3.05) is 7.05 Å². The molecule has 0 aromatic rings. The van der Waals surface area contributed by atoms with Gasteiger partial charge < -0.3 is 5.32 Å². The van der Waals surface area contributed by atoms with Gasteiger partial charge in [-0.25, -0.2) is 0 Å². The average Bonchev–Trinajstić information content (AvgIpc) is 2.46. The van der Waals surface area contributed by atoms with Crippen LogP contribution in [0, 0.1) is 11.8 Å². The van der Waals surface area contributed by atoms with Gasteiger partial charge in [0.15, 0.2) is 0 Å². The second-order valence-electron chi connectivity index (χ2n) is 6.55. The minimum Gasteiger partial charge on any atom is -0.317 e. The molecule has 0 bridgehead atoms. The van der Waals surface area contributed by atoms with Gasteiger partial charge in [-0.1, -0.05) is 58.3 Å². The van der Waals surface area contributed by atoms with E-state index < -0.39 is 12.1 Å². The molecule has 3 unspecified atom stereocenters. The van der Waals surface area contributed by atoms with Gasteiger partial charge in [-0.05, 0) is 32.2 Å². The monoisotopic (exact) mass is 307 g/mol. The van der Waals surface area contributed by atoms with E-state index in [-0.39, 0.29) is 12.0 Å². The minimum absolute atomic E-state index is 0.0306. The average molecular weight is 307 g/mol. The maximum Gasteiger partial charge on any atom is 0.392 e. The first-order valence-electron chi connectivity index (χ1n) is 8.74. The molecule has 1 aliphatic carbocycles. The molecule has 21 heavy (non-hydrogen) atoms. The molecule has 1 rings (SSSR count). The lowest BCUT2D eigenvalue weighted by molar-refractivity contribution is -0.199. The van der Waals surface area contributed by atoms with E-state index in [4.69, 9.17) is 0 Å². The standard InChI is InChI=1S/C17H32F3N/c1-3-4-5-6-7-8-13-16(21-2)14-11-9-10-12-15(14)17(18,19)20/h14-16,21H,3-13H2,1-2H3. The van der Waals surface area contributed by atoms with Crippen molar-refractivity contribution in [1.82, 2.24) is 5.32 Å². The largest absolute Gasteiger partial charge is 0.392 e. The van der Waals surface area contributed by atoms with Crippen molar-refractivity contribution in [3.63, 3.8) is 0 Å². The summed E-state index contributed by atoms with van der Waals surface area (Å²) in [4.78, 5) is 0. The van der Waals surface area contributed by atoms with Crippen LogP contribution >= 0.6 is 0 Å². The summed E-state index contributed by atoms with van der Waals surface area (Å²) >= 11 is 0. The molecule has 0 aromatic heterocycles. The Morgan fingerprint density at radius 1 is 1.00 bits per heavy atom. The van der Waals surface area contributed by atoms with Gasteiger partial charge in [-0.3, -0.25) is 0 Å². The van der Waals surface area contributed by atoms with Crippen LogP contribution in [0.5, 0.6) is 0 Å². The van der Waals surface area contributed by atoms with Crippen LogP contribution in [0.25, 0.3) is 0 Å². The molecule has 1 N–H and O–H groups in total. The second kappa shape index (κ2) is 9.70. The molecule has 4 heteroatoms. The highest BCUT2D eigenvalue weighted by Gasteiger charge is 2.47. The number of hydrogen-bond donors (Lipinski definition) is 1. The zero-order chi connectivity index (χ0) is 15.7. The fraction of sp³-hybridized carbons (Fsp3) is 1.00. The summed E-state index contributed by atoms with van der Waals surface area (Å²) < 4.78 is 39.6. The molecule has 3 atom stereocenters. The number of rotatable bonds is 9. The highest BCUT2D eigenvalue weighted by Crippen LogP contribution is 2.43. The van der Waals surface area contributed by atoms with Gasteiger partial charge in [0.2, 0.25) is 0 Å². The third kappa shape index (κ3) is 6.58. The molecule has 0 aliphatic heterocycles. The van der Waals surface area contributed by atoms with Crippen LogP contribution in [0.4, 0.5) is 13.2 Å². The van der Waals surface area contributed by atoms with Crippen LogP contribution in [-0.2, 0) is 0 Å². The van der Waals surface area contributed by atoms with E-state index in [2.05, 4.69) is 12.2 Å². The Morgan fingerprint density at radius 3 is 2.24 bits per heavy atom. The normalized spacial score (nSPS) is 25.0. The number of nitrogens with one attached hydrogen (secondary N) is 1. The Hall–Kier alpha value is -0.250. The molecule has 1 nitrogen and oxygen atoms in total. The molecular weight excluding hydrogens is 275 g/mol. The summed E-state index contributed by atoms with van der Waals surface area (Å²) in [5.74, 6) is -1.32. The summed E-state index contributed by atoms with van der Waals surface area (Å²) in [6.45, 7) is 2.19. The Bertz CT molecular complexity index is 265. The lowest BCUT2D eigenvalue weighted by Gasteiger charge is -2.38. The zero-order valence-electron chi connectivity index (χ0n) is 13.6. The first kappa shape index (κ1) is 18.8. The van der Waals surface area contributed by atoms with Crippen LogP contribution in [-0.4, -0.2) is 19.3 Å². The first-order chi connectivity index (χ1) is 10.0. The summed E-state index contributed by atoms with van der Waals surface area (Å²) in [5, 5.41) is 3.18. The van der Waals surface area contributed by atoms with Gasteiger partial charge in [-0.15, -0.1) is 0 Å². The molecule has 0 radical (unpaired) electrons. The van der Waals surface area contributed by atoms with Crippen molar-refractivity contribution >= 4 is 0 Å². The number of halogens is 3. The van der Waals surface area contributed by atoms with Crippen molar-refractivity contribution in [2.45, 2.75) is 89.8 Å².